The van der Waals surface area contributed by atoms with Crippen molar-refractivity contribution in [2.45, 2.75) is 51.5 Å². The average Bonchev–Trinajstić information content (AvgIpc) is 2.66. The number of aliphatic hydroxyl groups excluding tert-OH is 1. The molecule has 0 amide bonds. The average molecular weight is 241 g/mol. The highest BCUT2D eigenvalue weighted by Gasteiger charge is 2.34. The summed E-state index contributed by atoms with van der Waals surface area (Å²) in [6.07, 6.45) is 2.96. The zero-order valence-corrected chi connectivity index (χ0v) is 11.0. The van der Waals surface area contributed by atoms with Crippen LogP contribution in [0.5, 0.6) is 0 Å². The van der Waals surface area contributed by atoms with Gasteiger partial charge in [-0.25, -0.2) is 0 Å². The van der Waals surface area contributed by atoms with E-state index in [1.165, 1.54) is 0 Å². The fourth-order valence-corrected chi connectivity index (χ4v) is 1.28. The molecular formula is C12H23N3O2. The predicted molar refractivity (Wildman–Crippen MR) is 66.6 cm³/mol. The molecule has 1 unspecified atom stereocenters. The molecule has 0 spiro atoms. The molecule has 1 heterocycles. The molecule has 1 aromatic heterocycles. The number of nitrogens with one attached hydrogen (secondary N) is 1. The maximum Gasteiger partial charge on any atom is 0.0860 e. The third-order valence-electron chi connectivity index (χ3n) is 3.27. The highest BCUT2D eigenvalue weighted by molar-refractivity contribution is 4.93. The van der Waals surface area contributed by atoms with Gasteiger partial charge in [0.15, 0.2) is 0 Å². The van der Waals surface area contributed by atoms with Gasteiger partial charge >= 0.3 is 0 Å². The van der Waals surface area contributed by atoms with Gasteiger partial charge in [-0.3, -0.25) is 4.68 Å². The van der Waals surface area contributed by atoms with Crippen molar-refractivity contribution in [2.24, 2.45) is 0 Å². The first kappa shape index (κ1) is 14.2. The lowest BCUT2D eigenvalue weighted by molar-refractivity contribution is -0.0106. The smallest absolute Gasteiger partial charge is 0.0860 e. The second-order valence-corrected chi connectivity index (χ2v) is 5.45. The Balaban J connectivity index is 2.40. The van der Waals surface area contributed by atoms with Gasteiger partial charge in [-0.2, -0.15) is 5.10 Å². The van der Waals surface area contributed by atoms with Crippen molar-refractivity contribution < 1.29 is 10.2 Å². The van der Waals surface area contributed by atoms with Gasteiger partial charge in [-0.1, -0.05) is 0 Å². The maximum atomic E-state index is 9.95. The fourth-order valence-electron chi connectivity index (χ4n) is 1.28. The Labute approximate surface area is 102 Å². The molecule has 0 saturated carbocycles. The zero-order chi connectivity index (χ0) is 13.1. The van der Waals surface area contributed by atoms with Crippen molar-refractivity contribution in [2.75, 3.05) is 6.54 Å². The van der Waals surface area contributed by atoms with Crippen molar-refractivity contribution in [3.8, 4) is 0 Å². The summed E-state index contributed by atoms with van der Waals surface area (Å²) in [5, 5.41) is 27.0. The number of aliphatic hydroxyl groups is 2. The van der Waals surface area contributed by atoms with Gasteiger partial charge in [0.2, 0.25) is 0 Å². The van der Waals surface area contributed by atoms with Crippen molar-refractivity contribution >= 4 is 0 Å². The van der Waals surface area contributed by atoms with Crippen LogP contribution >= 0.6 is 0 Å². The van der Waals surface area contributed by atoms with E-state index in [9.17, 15) is 10.2 Å². The molecule has 0 aromatic carbocycles. The van der Waals surface area contributed by atoms with Crippen molar-refractivity contribution in [3.63, 3.8) is 0 Å². The van der Waals surface area contributed by atoms with Crippen molar-refractivity contribution in [1.82, 2.24) is 15.1 Å². The van der Waals surface area contributed by atoms with Crippen LogP contribution in [0.4, 0.5) is 0 Å². The third-order valence-corrected chi connectivity index (χ3v) is 3.27. The van der Waals surface area contributed by atoms with Gasteiger partial charge in [0.25, 0.3) is 0 Å². The largest absolute Gasteiger partial charge is 0.390 e. The van der Waals surface area contributed by atoms with Crippen LogP contribution in [0.1, 0.15) is 27.7 Å². The minimum absolute atomic E-state index is 0.414. The minimum Gasteiger partial charge on any atom is -0.390 e. The van der Waals surface area contributed by atoms with E-state index in [1.54, 1.807) is 24.7 Å². The van der Waals surface area contributed by atoms with E-state index < -0.39 is 17.2 Å². The lowest BCUT2D eigenvalue weighted by Gasteiger charge is -2.38. The number of rotatable bonds is 6. The van der Waals surface area contributed by atoms with Gasteiger partial charge in [0.05, 0.1) is 18.2 Å². The quantitative estimate of drug-likeness (QED) is 0.673. The Kier molecular flexibility index (Phi) is 4.30. The number of aromatic nitrogens is 2. The summed E-state index contributed by atoms with van der Waals surface area (Å²) in [4.78, 5) is 0. The highest BCUT2D eigenvalue weighted by Crippen LogP contribution is 2.20. The summed E-state index contributed by atoms with van der Waals surface area (Å²) in [5.41, 5.74) is -1.31. The molecule has 1 aromatic rings. The molecule has 0 aliphatic carbocycles. The van der Waals surface area contributed by atoms with Gasteiger partial charge < -0.3 is 15.5 Å². The molecule has 0 aliphatic heterocycles. The highest BCUT2D eigenvalue weighted by atomic mass is 16.3. The zero-order valence-electron chi connectivity index (χ0n) is 11.0. The fraction of sp³-hybridized carbons (Fsp3) is 0.750. The van der Waals surface area contributed by atoms with E-state index >= 15 is 0 Å². The molecule has 5 nitrogen and oxygen atoms in total. The predicted octanol–water partition coefficient (Wildman–Crippen LogP) is 0.383. The van der Waals surface area contributed by atoms with Gasteiger partial charge in [0, 0.05) is 24.5 Å². The lowest BCUT2D eigenvalue weighted by Crippen LogP contribution is -2.57. The van der Waals surface area contributed by atoms with Gasteiger partial charge in [0.1, 0.15) is 0 Å². The Morgan fingerprint density at radius 1 is 1.35 bits per heavy atom. The SMILES string of the molecule is CC(C)(O)C(C)(C)NCC(O)Cn1cccn1. The van der Waals surface area contributed by atoms with Crippen LogP contribution < -0.4 is 5.32 Å². The second-order valence-electron chi connectivity index (χ2n) is 5.45. The number of nitrogens with zero attached hydrogens (tertiary/aromatic N) is 2. The molecule has 0 fully saturated rings. The van der Waals surface area contributed by atoms with E-state index in [0.29, 0.717) is 13.1 Å². The number of β-amino-alcohol motifs (C(OH)–C–C–N with tert-alkyl or cyclic N) is 1. The van der Waals surface area contributed by atoms with Crippen LogP contribution in [0.3, 0.4) is 0 Å². The Bertz CT molecular complexity index is 328. The summed E-state index contributed by atoms with van der Waals surface area (Å²) in [6, 6.07) is 1.82. The molecule has 98 valence electrons. The summed E-state index contributed by atoms with van der Waals surface area (Å²) >= 11 is 0. The summed E-state index contributed by atoms with van der Waals surface area (Å²) in [5.74, 6) is 0. The molecular weight excluding hydrogens is 218 g/mol. The maximum absolute atomic E-state index is 9.95. The van der Waals surface area contributed by atoms with Crippen molar-refractivity contribution in [1.29, 1.82) is 0 Å². The molecule has 17 heavy (non-hydrogen) atoms. The number of hydrogen-bond donors (Lipinski definition) is 3. The van der Waals surface area contributed by atoms with E-state index in [4.69, 9.17) is 0 Å². The molecule has 3 N–H and O–H groups in total. The van der Waals surface area contributed by atoms with Crippen LogP contribution in [-0.2, 0) is 6.54 Å². The van der Waals surface area contributed by atoms with E-state index in [-0.39, 0.29) is 0 Å². The van der Waals surface area contributed by atoms with Crippen LogP contribution in [0.15, 0.2) is 18.5 Å². The summed E-state index contributed by atoms with van der Waals surface area (Å²) < 4.78 is 1.68. The van der Waals surface area contributed by atoms with E-state index in [2.05, 4.69) is 10.4 Å². The van der Waals surface area contributed by atoms with E-state index in [1.807, 2.05) is 26.1 Å². The normalized spacial score (nSPS) is 14.9. The molecule has 1 atom stereocenters. The minimum atomic E-state index is -0.849. The Morgan fingerprint density at radius 3 is 2.47 bits per heavy atom. The topological polar surface area (TPSA) is 70.3 Å². The van der Waals surface area contributed by atoms with E-state index in [0.717, 1.165) is 0 Å². The summed E-state index contributed by atoms with van der Waals surface area (Å²) in [6.45, 7) is 8.18. The standard InChI is InChI=1S/C12H23N3O2/c1-11(2,12(3,4)17)13-8-10(16)9-15-7-5-6-14-15/h5-7,10,13,16-17H,8-9H2,1-4H3. The number of hydrogen-bond acceptors (Lipinski definition) is 4. The van der Waals surface area contributed by atoms with Crippen LogP contribution in [0, 0.1) is 0 Å². The van der Waals surface area contributed by atoms with Crippen LogP contribution in [-0.4, -0.2) is 43.8 Å². The van der Waals surface area contributed by atoms with Crippen LogP contribution in [0.2, 0.25) is 0 Å². The monoisotopic (exact) mass is 241 g/mol. The lowest BCUT2D eigenvalue weighted by atomic mass is 9.86. The Morgan fingerprint density at radius 2 is 2.00 bits per heavy atom. The third kappa shape index (κ3) is 4.11. The summed E-state index contributed by atoms with van der Waals surface area (Å²) in [7, 11) is 0. The first-order chi connectivity index (χ1) is 7.72. The molecule has 0 bridgehead atoms. The first-order valence-corrected chi connectivity index (χ1v) is 5.85. The van der Waals surface area contributed by atoms with Gasteiger partial charge in [-0.05, 0) is 33.8 Å². The molecule has 0 aliphatic rings. The van der Waals surface area contributed by atoms with Crippen LogP contribution in [0.25, 0.3) is 0 Å². The van der Waals surface area contributed by atoms with Crippen molar-refractivity contribution in [3.05, 3.63) is 18.5 Å². The molecule has 0 radical (unpaired) electrons. The molecule has 1 rings (SSSR count). The molecule has 0 saturated heterocycles. The first-order valence-electron chi connectivity index (χ1n) is 5.85. The second kappa shape index (κ2) is 5.16. The molecule has 5 heteroatoms. The van der Waals surface area contributed by atoms with Gasteiger partial charge in [-0.15, -0.1) is 0 Å². The Hall–Kier alpha value is -0.910.